The molecule has 1 aromatic rings. The number of nitrogens with zero attached hydrogens (tertiary/aromatic N) is 1. The first kappa shape index (κ1) is 12.6. The number of carbonyl (C=O) groups is 1. The molecule has 2 heterocycles. The van der Waals surface area contributed by atoms with E-state index in [1.54, 1.807) is 11.3 Å². The molecule has 2 unspecified atom stereocenters. The van der Waals surface area contributed by atoms with Gasteiger partial charge in [-0.2, -0.15) is 0 Å². The van der Waals surface area contributed by atoms with E-state index in [4.69, 9.17) is 0 Å². The van der Waals surface area contributed by atoms with E-state index in [0.29, 0.717) is 25.9 Å². The fourth-order valence-corrected chi connectivity index (χ4v) is 2.91. The van der Waals surface area contributed by atoms with E-state index in [1.807, 2.05) is 23.3 Å². The van der Waals surface area contributed by atoms with E-state index in [2.05, 4.69) is 6.07 Å². The molecule has 1 amide bonds. The van der Waals surface area contributed by atoms with Crippen molar-refractivity contribution in [3.63, 3.8) is 0 Å². The summed E-state index contributed by atoms with van der Waals surface area (Å²) in [6.45, 7) is 3.41. The molecule has 1 aliphatic heterocycles. The van der Waals surface area contributed by atoms with E-state index >= 15 is 0 Å². The second-order valence-corrected chi connectivity index (χ2v) is 5.78. The van der Waals surface area contributed by atoms with Gasteiger partial charge in [0.05, 0.1) is 6.10 Å². The Morgan fingerprint density at radius 2 is 2.47 bits per heavy atom. The molecule has 1 fully saturated rings. The van der Waals surface area contributed by atoms with Gasteiger partial charge in [0.2, 0.25) is 5.91 Å². The Hall–Kier alpha value is -0.870. The summed E-state index contributed by atoms with van der Waals surface area (Å²) in [4.78, 5) is 15.2. The lowest BCUT2D eigenvalue weighted by Gasteiger charge is -2.34. The highest BCUT2D eigenvalue weighted by Gasteiger charge is 2.26. The number of rotatable bonds is 3. The third kappa shape index (κ3) is 3.30. The Balaban J connectivity index is 1.80. The maximum atomic E-state index is 12.0. The van der Waals surface area contributed by atoms with Gasteiger partial charge in [-0.1, -0.05) is 13.0 Å². The summed E-state index contributed by atoms with van der Waals surface area (Å²) in [5, 5.41) is 11.7. The van der Waals surface area contributed by atoms with Gasteiger partial charge in [-0.15, -0.1) is 11.3 Å². The molecule has 1 aromatic heterocycles. The van der Waals surface area contributed by atoms with Crippen molar-refractivity contribution in [1.82, 2.24) is 4.90 Å². The number of hydrogen-bond donors (Lipinski definition) is 1. The summed E-state index contributed by atoms with van der Waals surface area (Å²) in [6, 6.07) is 4.09. The number of amides is 1. The van der Waals surface area contributed by atoms with Crippen molar-refractivity contribution in [3.8, 4) is 0 Å². The lowest BCUT2D eigenvalue weighted by Crippen LogP contribution is -2.45. The van der Waals surface area contributed by atoms with E-state index in [1.165, 1.54) is 4.88 Å². The van der Waals surface area contributed by atoms with E-state index < -0.39 is 0 Å². The molecule has 17 heavy (non-hydrogen) atoms. The number of piperidine rings is 1. The van der Waals surface area contributed by atoms with Gasteiger partial charge in [0.25, 0.3) is 0 Å². The zero-order chi connectivity index (χ0) is 12.3. The Labute approximate surface area is 106 Å². The first-order chi connectivity index (χ1) is 8.16. The van der Waals surface area contributed by atoms with Crippen molar-refractivity contribution in [1.29, 1.82) is 0 Å². The SMILES string of the molecule is CC1CN(C(=O)CCc2cccs2)CCC1O. The number of carbonyl (C=O) groups excluding carboxylic acids is 1. The Morgan fingerprint density at radius 3 is 3.12 bits per heavy atom. The molecule has 0 radical (unpaired) electrons. The van der Waals surface area contributed by atoms with Gasteiger partial charge in [0, 0.05) is 24.4 Å². The number of aryl methyl sites for hydroxylation is 1. The Morgan fingerprint density at radius 1 is 1.65 bits per heavy atom. The zero-order valence-electron chi connectivity index (χ0n) is 10.1. The number of thiophene rings is 1. The monoisotopic (exact) mass is 253 g/mol. The number of likely N-dealkylation sites (tertiary alicyclic amines) is 1. The fraction of sp³-hybridized carbons (Fsp3) is 0.615. The van der Waals surface area contributed by atoms with Crippen molar-refractivity contribution >= 4 is 17.2 Å². The van der Waals surface area contributed by atoms with E-state index in [0.717, 1.165) is 6.42 Å². The third-order valence-electron chi connectivity index (χ3n) is 3.38. The largest absolute Gasteiger partial charge is 0.393 e. The average molecular weight is 253 g/mol. The molecule has 0 aromatic carbocycles. The normalized spacial score (nSPS) is 24.9. The van der Waals surface area contributed by atoms with Crippen LogP contribution in [0.25, 0.3) is 0 Å². The van der Waals surface area contributed by atoms with Crippen molar-refractivity contribution in [2.75, 3.05) is 13.1 Å². The summed E-state index contributed by atoms with van der Waals surface area (Å²) in [6.07, 6.45) is 1.90. The molecule has 1 aliphatic rings. The topological polar surface area (TPSA) is 40.5 Å². The highest BCUT2D eigenvalue weighted by molar-refractivity contribution is 7.09. The number of aliphatic hydroxyl groups excluding tert-OH is 1. The minimum Gasteiger partial charge on any atom is -0.393 e. The van der Waals surface area contributed by atoms with Crippen LogP contribution in [-0.4, -0.2) is 35.1 Å². The molecule has 1 saturated heterocycles. The van der Waals surface area contributed by atoms with Crippen LogP contribution in [0, 0.1) is 5.92 Å². The first-order valence-corrected chi connectivity index (χ1v) is 7.03. The molecule has 0 spiro atoms. The smallest absolute Gasteiger partial charge is 0.222 e. The average Bonchev–Trinajstić information content (AvgIpc) is 2.82. The molecule has 3 nitrogen and oxygen atoms in total. The van der Waals surface area contributed by atoms with Gasteiger partial charge in [0.1, 0.15) is 0 Å². The second kappa shape index (κ2) is 5.65. The summed E-state index contributed by atoms with van der Waals surface area (Å²) >= 11 is 1.70. The summed E-state index contributed by atoms with van der Waals surface area (Å²) in [5.41, 5.74) is 0. The van der Waals surface area contributed by atoms with E-state index in [-0.39, 0.29) is 17.9 Å². The van der Waals surface area contributed by atoms with Crippen LogP contribution in [0.5, 0.6) is 0 Å². The fourth-order valence-electron chi connectivity index (χ4n) is 2.20. The van der Waals surface area contributed by atoms with Gasteiger partial charge >= 0.3 is 0 Å². The van der Waals surface area contributed by atoms with Crippen molar-refractivity contribution < 1.29 is 9.90 Å². The van der Waals surface area contributed by atoms with Gasteiger partial charge < -0.3 is 10.0 Å². The molecule has 2 atom stereocenters. The first-order valence-electron chi connectivity index (χ1n) is 6.15. The third-order valence-corrected chi connectivity index (χ3v) is 4.31. The quantitative estimate of drug-likeness (QED) is 0.894. The van der Waals surface area contributed by atoms with Crippen molar-refractivity contribution in [3.05, 3.63) is 22.4 Å². The standard InChI is InChI=1S/C13H19NO2S/c1-10-9-14(7-6-12(10)15)13(16)5-4-11-3-2-8-17-11/h2-3,8,10,12,15H,4-7,9H2,1H3. The molecule has 4 heteroatoms. The zero-order valence-corrected chi connectivity index (χ0v) is 10.9. The molecule has 1 N–H and O–H groups in total. The maximum Gasteiger partial charge on any atom is 0.222 e. The van der Waals surface area contributed by atoms with Gasteiger partial charge in [-0.05, 0) is 30.2 Å². The van der Waals surface area contributed by atoms with Crippen LogP contribution in [0.3, 0.4) is 0 Å². The molecule has 0 aliphatic carbocycles. The summed E-state index contributed by atoms with van der Waals surface area (Å²) in [5.74, 6) is 0.423. The maximum absolute atomic E-state index is 12.0. The summed E-state index contributed by atoms with van der Waals surface area (Å²) in [7, 11) is 0. The second-order valence-electron chi connectivity index (χ2n) is 4.75. The van der Waals surface area contributed by atoms with Gasteiger partial charge in [0.15, 0.2) is 0 Å². The molecule has 2 rings (SSSR count). The number of aliphatic hydroxyl groups is 1. The minimum absolute atomic E-state index is 0.203. The molecule has 94 valence electrons. The highest BCUT2D eigenvalue weighted by atomic mass is 32.1. The minimum atomic E-state index is -0.239. The molecular weight excluding hydrogens is 234 g/mol. The van der Waals surface area contributed by atoms with Crippen LogP contribution in [0.2, 0.25) is 0 Å². The van der Waals surface area contributed by atoms with Gasteiger partial charge in [-0.25, -0.2) is 0 Å². The van der Waals surface area contributed by atoms with Crippen LogP contribution in [0.15, 0.2) is 17.5 Å². The highest BCUT2D eigenvalue weighted by Crippen LogP contribution is 2.18. The van der Waals surface area contributed by atoms with Crippen LogP contribution in [0.4, 0.5) is 0 Å². The van der Waals surface area contributed by atoms with Crippen molar-refractivity contribution in [2.24, 2.45) is 5.92 Å². The lowest BCUT2D eigenvalue weighted by atomic mass is 9.96. The predicted octanol–water partition coefficient (Wildman–Crippen LogP) is 1.91. The Bertz CT molecular complexity index is 364. The number of hydrogen-bond acceptors (Lipinski definition) is 3. The van der Waals surface area contributed by atoms with Crippen LogP contribution < -0.4 is 0 Å². The summed E-state index contributed by atoms with van der Waals surface area (Å²) < 4.78 is 0. The van der Waals surface area contributed by atoms with Crippen molar-refractivity contribution in [2.45, 2.75) is 32.3 Å². The van der Waals surface area contributed by atoms with Crippen LogP contribution in [0.1, 0.15) is 24.6 Å². The molecule has 0 saturated carbocycles. The van der Waals surface area contributed by atoms with Crippen LogP contribution in [-0.2, 0) is 11.2 Å². The van der Waals surface area contributed by atoms with Gasteiger partial charge in [-0.3, -0.25) is 4.79 Å². The van der Waals surface area contributed by atoms with Crippen LogP contribution >= 0.6 is 11.3 Å². The predicted molar refractivity (Wildman–Crippen MR) is 69.0 cm³/mol. The Kier molecular flexibility index (Phi) is 4.18. The molecular formula is C13H19NO2S. The molecule has 0 bridgehead atoms. The lowest BCUT2D eigenvalue weighted by molar-refractivity contribution is -0.134. The van der Waals surface area contributed by atoms with E-state index in [9.17, 15) is 9.90 Å².